The maximum atomic E-state index is 13.5. The number of aromatic nitrogens is 1. The SMILES string of the molecule is Cc1cccc(N(C(=O)C(F)(F)F)[C@@H](C(=O)NC2CCCCC2)c2ccncc2)c1. The molecular weight excluding hydrogens is 395 g/mol. The minimum Gasteiger partial charge on any atom is -0.351 e. The second-order valence-corrected chi connectivity index (χ2v) is 7.54. The Morgan fingerprint density at radius 3 is 2.37 bits per heavy atom. The Morgan fingerprint density at radius 1 is 1.10 bits per heavy atom. The van der Waals surface area contributed by atoms with Gasteiger partial charge in [0.2, 0.25) is 5.91 Å². The maximum absolute atomic E-state index is 13.5. The number of halogens is 3. The van der Waals surface area contributed by atoms with Gasteiger partial charge in [-0.1, -0.05) is 31.4 Å². The number of benzene rings is 1. The van der Waals surface area contributed by atoms with Crippen molar-refractivity contribution in [2.45, 2.75) is 57.3 Å². The van der Waals surface area contributed by atoms with E-state index in [0.29, 0.717) is 10.5 Å². The molecule has 0 saturated heterocycles. The van der Waals surface area contributed by atoms with Crippen LogP contribution in [0, 0.1) is 6.92 Å². The number of alkyl halides is 3. The smallest absolute Gasteiger partial charge is 0.351 e. The number of rotatable bonds is 5. The fraction of sp³-hybridized carbons (Fsp3) is 0.409. The number of hydrogen-bond donors (Lipinski definition) is 1. The second kappa shape index (κ2) is 9.28. The zero-order chi connectivity index (χ0) is 21.7. The van der Waals surface area contributed by atoms with E-state index in [9.17, 15) is 22.8 Å². The van der Waals surface area contributed by atoms with Crippen LogP contribution >= 0.6 is 0 Å². The van der Waals surface area contributed by atoms with Crippen molar-refractivity contribution in [3.63, 3.8) is 0 Å². The molecule has 0 unspecified atom stereocenters. The van der Waals surface area contributed by atoms with Gasteiger partial charge in [0.25, 0.3) is 0 Å². The van der Waals surface area contributed by atoms with Gasteiger partial charge in [-0.3, -0.25) is 19.5 Å². The average Bonchev–Trinajstić information content (AvgIpc) is 2.72. The molecule has 1 saturated carbocycles. The van der Waals surface area contributed by atoms with Crippen LogP contribution < -0.4 is 10.2 Å². The highest BCUT2D eigenvalue weighted by atomic mass is 19.4. The Labute approximate surface area is 173 Å². The molecule has 1 fully saturated rings. The summed E-state index contributed by atoms with van der Waals surface area (Å²) < 4.78 is 40.6. The lowest BCUT2D eigenvalue weighted by atomic mass is 9.94. The number of carbonyl (C=O) groups is 2. The van der Waals surface area contributed by atoms with Crippen molar-refractivity contribution in [3.8, 4) is 0 Å². The molecule has 160 valence electrons. The summed E-state index contributed by atoms with van der Waals surface area (Å²) in [6.45, 7) is 1.71. The fourth-order valence-electron chi connectivity index (χ4n) is 3.79. The lowest BCUT2D eigenvalue weighted by molar-refractivity contribution is -0.171. The van der Waals surface area contributed by atoms with Gasteiger partial charge >= 0.3 is 12.1 Å². The van der Waals surface area contributed by atoms with Gasteiger partial charge in [0.1, 0.15) is 6.04 Å². The molecule has 0 radical (unpaired) electrons. The van der Waals surface area contributed by atoms with Crippen LogP contribution in [0.5, 0.6) is 0 Å². The number of pyridine rings is 1. The molecule has 2 amide bonds. The number of anilines is 1. The summed E-state index contributed by atoms with van der Waals surface area (Å²) in [5.41, 5.74) is 0.948. The number of amides is 2. The van der Waals surface area contributed by atoms with E-state index in [1.807, 2.05) is 0 Å². The third-order valence-corrected chi connectivity index (χ3v) is 5.22. The fourth-order valence-corrected chi connectivity index (χ4v) is 3.79. The van der Waals surface area contributed by atoms with E-state index in [4.69, 9.17) is 0 Å². The van der Waals surface area contributed by atoms with Crippen molar-refractivity contribution >= 4 is 17.5 Å². The van der Waals surface area contributed by atoms with E-state index in [1.54, 1.807) is 19.1 Å². The molecule has 1 N–H and O–H groups in total. The third kappa shape index (κ3) is 5.17. The Balaban J connectivity index is 2.06. The summed E-state index contributed by atoms with van der Waals surface area (Å²) in [5, 5.41) is 2.87. The van der Waals surface area contributed by atoms with Crippen molar-refractivity contribution < 1.29 is 22.8 Å². The van der Waals surface area contributed by atoms with Gasteiger partial charge in [0.15, 0.2) is 0 Å². The van der Waals surface area contributed by atoms with Gasteiger partial charge in [0, 0.05) is 24.1 Å². The highest BCUT2D eigenvalue weighted by molar-refractivity contribution is 6.03. The van der Waals surface area contributed by atoms with Gasteiger partial charge < -0.3 is 5.32 Å². The maximum Gasteiger partial charge on any atom is 0.471 e. The van der Waals surface area contributed by atoms with Crippen LogP contribution in [-0.4, -0.2) is 29.0 Å². The van der Waals surface area contributed by atoms with Crippen LogP contribution in [0.25, 0.3) is 0 Å². The first-order valence-corrected chi connectivity index (χ1v) is 9.94. The molecule has 0 bridgehead atoms. The molecule has 0 aliphatic heterocycles. The molecule has 8 heteroatoms. The van der Waals surface area contributed by atoms with Crippen LogP contribution in [0.4, 0.5) is 18.9 Å². The molecule has 0 spiro atoms. The number of hydrogen-bond acceptors (Lipinski definition) is 3. The van der Waals surface area contributed by atoms with Crippen molar-refractivity contribution in [1.29, 1.82) is 0 Å². The number of nitrogens with one attached hydrogen (secondary N) is 1. The van der Waals surface area contributed by atoms with Crippen LogP contribution in [0.15, 0.2) is 48.8 Å². The third-order valence-electron chi connectivity index (χ3n) is 5.22. The Bertz CT molecular complexity index is 881. The monoisotopic (exact) mass is 419 g/mol. The van der Waals surface area contributed by atoms with Crippen LogP contribution in [0.3, 0.4) is 0 Å². The molecule has 1 heterocycles. The highest BCUT2D eigenvalue weighted by Gasteiger charge is 2.47. The molecule has 1 aromatic carbocycles. The van der Waals surface area contributed by atoms with E-state index in [-0.39, 0.29) is 17.3 Å². The minimum atomic E-state index is -5.14. The molecular formula is C22H24F3N3O2. The van der Waals surface area contributed by atoms with Gasteiger partial charge in [-0.15, -0.1) is 0 Å². The van der Waals surface area contributed by atoms with Crippen LogP contribution in [-0.2, 0) is 9.59 Å². The normalized spacial score (nSPS) is 16.0. The van der Waals surface area contributed by atoms with E-state index in [2.05, 4.69) is 10.3 Å². The lowest BCUT2D eigenvalue weighted by Gasteiger charge is -2.33. The van der Waals surface area contributed by atoms with E-state index in [1.165, 1.54) is 36.7 Å². The largest absolute Gasteiger partial charge is 0.471 e. The Morgan fingerprint density at radius 2 is 1.77 bits per heavy atom. The molecule has 5 nitrogen and oxygen atoms in total. The van der Waals surface area contributed by atoms with Crippen molar-refractivity contribution in [1.82, 2.24) is 10.3 Å². The van der Waals surface area contributed by atoms with Crippen LogP contribution in [0.1, 0.15) is 49.3 Å². The van der Waals surface area contributed by atoms with Gasteiger partial charge in [-0.05, 0) is 55.2 Å². The molecule has 1 aromatic heterocycles. The van der Waals surface area contributed by atoms with Crippen molar-refractivity contribution in [2.24, 2.45) is 0 Å². The molecule has 1 aliphatic carbocycles. The predicted octanol–water partition coefficient (Wildman–Crippen LogP) is 4.48. The van der Waals surface area contributed by atoms with E-state index in [0.717, 1.165) is 32.1 Å². The van der Waals surface area contributed by atoms with Crippen LogP contribution in [0.2, 0.25) is 0 Å². The molecule has 3 rings (SSSR count). The van der Waals surface area contributed by atoms with Gasteiger partial charge in [-0.25, -0.2) is 0 Å². The van der Waals surface area contributed by atoms with Gasteiger partial charge in [-0.2, -0.15) is 13.2 Å². The average molecular weight is 419 g/mol. The summed E-state index contributed by atoms with van der Waals surface area (Å²) in [7, 11) is 0. The van der Waals surface area contributed by atoms with Crippen molar-refractivity contribution in [3.05, 3.63) is 59.9 Å². The first-order valence-electron chi connectivity index (χ1n) is 9.94. The Hall–Kier alpha value is -2.90. The predicted molar refractivity (Wildman–Crippen MR) is 107 cm³/mol. The molecule has 1 aliphatic rings. The summed E-state index contributed by atoms with van der Waals surface area (Å²) in [6, 6.07) is 7.47. The molecule has 2 aromatic rings. The van der Waals surface area contributed by atoms with Gasteiger partial charge in [0.05, 0.1) is 0 Å². The zero-order valence-corrected chi connectivity index (χ0v) is 16.7. The summed E-state index contributed by atoms with van der Waals surface area (Å²) in [4.78, 5) is 30.2. The summed E-state index contributed by atoms with van der Waals surface area (Å²) in [6.07, 6.45) is 2.16. The quantitative estimate of drug-likeness (QED) is 0.778. The minimum absolute atomic E-state index is 0.0120. The Kier molecular flexibility index (Phi) is 6.74. The highest BCUT2D eigenvalue weighted by Crippen LogP contribution is 2.33. The molecule has 1 atom stereocenters. The number of carbonyl (C=O) groups excluding carboxylic acids is 2. The second-order valence-electron chi connectivity index (χ2n) is 7.54. The topological polar surface area (TPSA) is 62.3 Å². The first-order chi connectivity index (χ1) is 14.3. The lowest BCUT2D eigenvalue weighted by Crippen LogP contribution is -2.50. The number of aryl methyl sites for hydroxylation is 1. The number of nitrogens with zero attached hydrogens (tertiary/aromatic N) is 2. The summed E-state index contributed by atoms with van der Waals surface area (Å²) >= 11 is 0. The standard InChI is InChI=1S/C22H24F3N3O2/c1-15-6-5-9-18(14-15)28(21(30)22(23,24)25)19(16-10-12-26-13-11-16)20(29)27-17-7-3-2-4-8-17/h5-6,9-14,17,19H,2-4,7-8H2,1H3,(H,27,29)/t19-/m1/s1. The van der Waals surface area contributed by atoms with E-state index >= 15 is 0 Å². The van der Waals surface area contributed by atoms with Crippen molar-refractivity contribution in [2.75, 3.05) is 4.90 Å². The van der Waals surface area contributed by atoms with E-state index < -0.39 is 24.0 Å². The molecule has 30 heavy (non-hydrogen) atoms. The summed E-state index contributed by atoms with van der Waals surface area (Å²) in [5.74, 6) is -2.72. The first kappa shape index (κ1) is 21.8. The zero-order valence-electron chi connectivity index (χ0n) is 16.7.